The second kappa shape index (κ2) is 8.71. The molecule has 0 unspecified atom stereocenters. The van der Waals surface area contributed by atoms with Crippen molar-refractivity contribution in [1.29, 1.82) is 0 Å². The van der Waals surface area contributed by atoms with Crippen molar-refractivity contribution in [2.45, 2.75) is 23.4 Å². The number of rotatable bonds is 6. The number of carbonyl (C=O) groups is 2. The molecule has 3 aromatic rings. The minimum atomic E-state index is -0.405. The van der Waals surface area contributed by atoms with Crippen LogP contribution in [-0.4, -0.2) is 33.5 Å². The van der Waals surface area contributed by atoms with Crippen LogP contribution in [0.25, 0.3) is 0 Å². The maximum Gasteiger partial charge on any atom is 0.231 e. The molecule has 29 heavy (non-hydrogen) atoms. The maximum absolute atomic E-state index is 12.6. The van der Waals surface area contributed by atoms with Crippen LogP contribution in [-0.2, 0) is 15.3 Å². The number of nitrogens with zero attached hydrogens (tertiary/aromatic N) is 4. The van der Waals surface area contributed by atoms with Crippen LogP contribution in [0.3, 0.4) is 0 Å². The first-order chi connectivity index (χ1) is 14.1. The number of carbonyl (C=O) groups excluding carboxylic acids is 2. The molecule has 0 saturated carbocycles. The SMILES string of the molecule is Cc1ccccc1N1C[C@H](C(=O)Nc2nnc(SCc3cccnc3)s2)CC1=O. The molecule has 1 saturated heterocycles. The Labute approximate surface area is 176 Å². The molecule has 1 N–H and O–H groups in total. The zero-order valence-corrected chi connectivity index (χ0v) is 17.4. The Bertz CT molecular complexity index is 1020. The minimum absolute atomic E-state index is 0.0376. The number of hydrogen-bond acceptors (Lipinski definition) is 7. The number of aromatic nitrogens is 3. The molecule has 2 amide bonds. The number of nitrogens with one attached hydrogen (secondary N) is 1. The van der Waals surface area contributed by atoms with E-state index in [1.54, 1.807) is 22.9 Å². The van der Waals surface area contributed by atoms with Crippen molar-refractivity contribution in [2.24, 2.45) is 5.92 Å². The summed E-state index contributed by atoms with van der Waals surface area (Å²) in [5.74, 6) is 0.0928. The van der Waals surface area contributed by atoms with Crippen molar-refractivity contribution in [3.05, 3.63) is 59.9 Å². The Balaban J connectivity index is 1.35. The highest BCUT2D eigenvalue weighted by Gasteiger charge is 2.36. The zero-order chi connectivity index (χ0) is 20.2. The summed E-state index contributed by atoms with van der Waals surface area (Å²) >= 11 is 2.87. The number of amides is 2. The summed E-state index contributed by atoms with van der Waals surface area (Å²) in [6.45, 7) is 2.33. The van der Waals surface area contributed by atoms with Gasteiger partial charge < -0.3 is 10.2 Å². The van der Waals surface area contributed by atoms with Crippen molar-refractivity contribution >= 4 is 45.7 Å². The van der Waals surface area contributed by atoms with Crippen LogP contribution in [0.5, 0.6) is 0 Å². The van der Waals surface area contributed by atoms with Crippen molar-refractivity contribution in [3.8, 4) is 0 Å². The normalized spacial score (nSPS) is 16.2. The molecular formula is C20H19N5O2S2. The van der Waals surface area contributed by atoms with Crippen molar-refractivity contribution in [3.63, 3.8) is 0 Å². The summed E-state index contributed by atoms with van der Waals surface area (Å²) in [6.07, 6.45) is 3.75. The molecule has 148 valence electrons. The zero-order valence-electron chi connectivity index (χ0n) is 15.7. The van der Waals surface area contributed by atoms with E-state index in [1.165, 1.54) is 11.3 Å². The van der Waals surface area contributed by atoms with Crippen molar-refractivity contribution in [2.75, 3.05) is 16.8 Å². The molecule has 4 rings (SSSR count). The Morgan fingerprint density at radius 3 is 2.93 bits per heavy atom. The van der Waals surface area contributed by atoms with Gasteiger partial charge in [0.2, 0.25) is 16.9 Å². The molecule has 0 aliphatic carbocycles. The lowest BCUT2D eigenvalue weighted by Crippen LogP contribution is -2.28. The molecular weight excluding hydrogens is 406 g/mol. The molecule has 7 nitrogen and oxygen atoms in total. The maximum atomic E-state index is 12.6. The highest BCUT2D eigenvalue weighted by molar-refractivity contribution is 8.00. The van der Waals surface area contributed by atoms with Crippen LogP contribution in [0.2, 0.25) is 0 Å². The van der Waals surface area contributed by atoms with Gasteiger partial charge in [0.1, 0.15) is 0 Å². The van der Waals surface area contributed by atoms with E-state index in [-0.39, 0.29) is 18.2 Å². The largest absolute Gasteiger partial charge is 0.311 e. The molecule has 0 radical (unpaired) electrons. The molecule has 3 heterocycles. The molecule has 0 bridgehead atoms. The van der Waals surface area contributed by atoms with Gasteiger partial charge in [0, 0.05) is 36.8 Å². The van der Waals surface area contributed by atoms with E-state index >= 15 is 0 Å². The fourth-order valence-corrected chi connectivity index (χ4v) is 4.83. The Morgan fingerprint density at radius 1 is 1.28 bits per heavy atom. The van der Waals surface area contributed by atoms with Crippen LogP contribution < -0.4 is 10.2 Å². The lowest BCUT2D eigenvalue weighted by molar-refractivity contribution is -0.122. The quantitative estimate of drug-likeness (QED) is 0.480. The first kappa shape index (κ1) is 19.5. The highest BCUT2D eigenvalue weighted by Crippen LogP contribution is 2.30. The van der Waals surface area contributed by atoms with Gasteiger partial charge >= 0.3 is 0 Å². The third-order valence-electron chi connectivity index (χ3n) is 4.62. The number of pyridine rings is 1. The third-order valence-corrected chi connectivity index (χ3v) is 6.67. The fraction of sp³-hybridized carbons (Fsp3) is 0.250. The van der Waals surface area contributed by atoms with Gasteiger partial charge in [-0.2, -0.15) is 0 Å². The van der Waals surface area contributed by atoms with Gasteiger partial charge in [-0.25, -0.2) is 0 Å². The second-order valence-electron chi connectivity index (χ2n) is 6.70. The monoisotopic (exact) mass is 425 g/mol. The lowest BCUT2D eigenvalue weighted by Gasteiger charge is -2.18. The number of benzene rings is 1. The molecule has 1 aromatic carbocycles. The van der Waals surface area contributed by atoms with E-state index in [0.717, 1.165) is 26.9 Å². The van der Waals surface area contributed by atoms with Gasteiger partial charge in [0.25, 0.3) is 0 Å². The Kier molecular flexibility index (Phi) is 5.86. The molecule has 2 aromatic heterocycles. The standard InChI is InChI=1S/C20H19N5O2S2/c1-13-5-2-3-7-16(13)25-11-15(9-17(25)26)18(27)22-19-23-24-20(29-19)28-12-14-6-4-8-21-10-14/h2-8,10,15H,9,11-12H2,1H3,(H,22,23,27)/t15-/m1/s1. The van der Waals surface area contributed by atoms with Crippen molar-refractivity contribution < 1.29 is 9.59 Å². The molecule has 1 atom stereocenters. The predicted octanol–water partition coefficient (Wildman–Crippen LogP) is 3.53. The van der Waals surface area contributed by atoms with Crippen LogP contribution >= 0.6 is 23.1 Å². The number of aryl methyl sites for hydroxylation is 1. The summed E-state index contributed by atoms with van der Waals surface area (Å²) in [5, 5.41) is 11.4. The van der Waals surface area contributed by atoms with Gasteiger partial charge in [-0.15, -0.1) is 10.2 Å². The first-order valence-electron chi connectivity index (χ1n) is 9.12. The lowest BCUT2D eigenvalue weighted by atomic mass is 10.1. The second-order valence-corrected chi connectivity index (χ2v) is 8.90. The highest BCUT2D eigenvalue weighted by atomic mass is 32.2. The summed E-state index contributed by atoms with van der Waals surface area (Å²) < 4.78 is 0.771. The molecule has 1 fully saturated rings. The average molecular weight is 426 g/mol. The molecule has 9 heteroatoms. The summed E-state index contributed by atoms with van der Waals surface area (Å²) in [5.41, 5.74) is 2.97. The third kappa shape index (κ3) is 4.63. The van der Waals surface area contributed by atoms with Crippen LogP contribution in [0, 0.1) is 12.8 Å². The predicted molar refractivity (Wildman–Crippen MR) is 114 cm³/mol. The Morgan fingerprint density at radius 2 is 2.14 bits per heavy atom. The van der Waals surface area contributed by atoms with E-state index in [4.69, 9.17) is 0 Å². The van der Waals surface area contributed by atoms with Crippen LogP contribution in [0.15, 0.2) is 53.1 Å². The van der Waals surface area contributed by atoms with E-state index in [2.05, 4.69) is 20.5 Å². The van der Waals surface area contributed by atoms with Gasteiger partial charge in [0.05, 0.1) is 5.92 Å². The van der Waals surface area contributed by atoms with Crippen LogP contribution in [0.1, 0.15) is 17.5 Å². The number of hydrogen-bond donors (Lipinski definition) is 1. The van der Waals surface area contributed by atoms with Crippen molar-refractivity contribution in [1.82, 2.24) is 15.2 Å². The number of thioether (sulfide) groups is 1. The summed E-state index contributed by atoms with van der Waals surface area (Å²) in [7, 11) is 0. The minimum Gasteiger partial charge on any atom is -0.311 e. The summed E-state index contributed by atoms with van der Waals surface area (Å²) in [4.78, 5) is 30.9. The van der Waals surface area contributed by atoms with Gasteiger partial charge in [-0.05, 0) is 30.2 Å². The smallest absolute Gasteiger partial charge is 0.231 e. The number of anilines is 2. The van der Waals surface area contributed by atoms with Gasteiger partial charge in [0.15, 0.2) is 4.34 Å². The average Bonchev–Trinajstić information content (AvgIpc) is 3.34. The first-order valence-corrected chi connectivity index (χ1v) is 10.9. The van der Waals surface area contributed by atoms with E-state index in [1.807, 2.05) is 49.5 Å². The summed E-state index contributed by atoms with van der Waals surface area (Å²) in [6, 6.07) is 11.6. The molecule has 1 aliphatic rings. The molecule has 1 aliphatic heterocycles. The van der Waals surface area contributed by atoms with E-state index < -0.39 is 5.92 Å². The van der Waals surface area contributed by atoms with E-state index in [9.17, 15) is 9.59 Å². The van der Waals surface area contributed by atoms with Gasteiger partial charge in [-0.1, -0.05) is 47.4 Å². The molecule has 0 spiro atoms. The van der Waals surface area contributed by atoms with E-state index in [0.29, 0.717) is 11.7 Å². The van der Waals surface area contributed by atoms with Gasteiger partial charge in [-0.3, -0.25) is 14.6 Å². The topological polar surface area (TPSA) is 88.1 Å². The fourth-order valence-electron chi connectivity index (χ4n) is 3.14. The number of para-hydroxylation sites is 1. The Hall–Kier alpha value is -2.78. The van der Waals surface area contributed by atoms with Crippen LogP contribution in [0.4, 0.5) is 10.8 Å².